The third kappa shape index (κ3) is 6.21. The molecule has 116 valence electrons. The van der Waals surface area contributed by atoms with Gasteiger partial charge in [-0.1, -0.05) is 31.5 Å². The van der Waals surface area contributed by atoms with Crippen LogP contribution in [0.1, 0.15) is 31.4 Å². The lowest BCUT2D eigenvalue weighted by atomic mass is 10.0. The smallest absolute Gasteiger partial charge is 0.326 e. The first-order valence-electron chi connectivity index (χ1n) is 7.01. The van der Waals surface area contributed by atoms with Crippen molar-refractivity contribution in [3.05, 3.63) is 29.3 Å². The highest BCUT2D eigenvalue weighted by molar-refractivity contribution is 8.00. The first-order chi connectivity index (χ1) is 9.79. The maximum atomic E-state index is 11.9. The standard InChI is InChI=1S/C16H23NO3S/c1-10(2)7-13(16(19)20)17-15(18)9-21-14-8-11(3)5-6-12(14)4/h5-6,8,10,13H,7,9H2,1-4H3,(H,17,18)(H,19,20)/t13-/m0/s1. The largest absolute Gasteiger partial charge is 0.480 e. The Morgan fingerprint density at radius 2 is 1.95 bits per heavy atom. The van der Waals surface area contributed by atoms with Gasteiger partial charge in [-0.2, -0.15) is 0 Å². The van der Waals surface area contributed by atoms with Crippen LogP contribution in [0.4, 0.5) is 0 Å². The van der Waals surface area contributed by atoms with Crippen LogP contribution in [0.25, 0.3) is 0 Å². The second kappa shape index (κ2) is 8.08. The van der Waals surface area contributed by atoms with Crippen LogP contribution in [-0.4, -0.2) is 28.8 Å². The molecule has 1 amide bonds. The third-order valence-electron chi connectivity index (χ3n) is 3.04. The Morgan fingerprint density at radius 1 is 1.29 bits per heavy atom. The zero-order valence-corrected chi connectivity index (χ0v) is 13.8. The van der Waals surface area contributed by atoms with Crippen molar-refractivity contribution < 1.29 is 14.7 Å². The molecule has 0 fully saturated rings. The molecule has 1 aromatic rings. The first kappa shape index (κ1) is 17.6. The number of hydrogen-bond donors (Lipinski definition) is 2. The van der Waals surface area contributed by atoms with E-state index in [1.54, 1.807) is 0 Å². The van der Waals surface area contributed by atoms with Crippen LogP contribution in [0.2, 0.25) is 0 Å². The minimum absolute atomic E-state index is 0.220. The van der Waals surface area contributed by atoms with E-state index in [4.69, 9.17) is 5.11 Å². The van der Waals surface area contributed by atoms with Gasteiger partial charge in [0.1, 0.15) is 6.04 Å². The van der Waals surface area contributed by atoms with E-state index in [9.17, 15) is 9.59 Å². The maximum absolute atomic E-state index is 11.9. The Labute approximate surface area is 130 Å². The van der Waals surface area contributed by atoms with Crippen molar-refractivity contribution >= 4 is 23.6 Å². The molecule has 1 atom stereocenters. The van der Waals surface area contributed by atoms with Crippen molar-refractivity contribution in [1.29, 1.82) is 0 Å². The fourth-order valence-corrected chi connectivity index (χ4v) is 2.87. The zero-order chi connectivity index (χ0) is 16.0. The number of thioether (sulfide) groups is 1. The van der Waals surface area contributed by atoms with Crippen LogP contribution < -0.4 is 5.32 Å². The molecule has 0 saturated carbocycles. The van der Waals surface area contributed by atoms with Crippen molar-refractivity contribution in [2.45, 2.75) is 45.1 Å². The van der Waals surface area contributed by atoms with Gasteiger partial charge in [0.15, 0.2) is 0 Å². The van der Waals surface area contributed by atoms with Gasteiger partial charge in [0, 0.05) is 4.90 Å². The molecular weight excluding hydrogens is 286 g/mol. The Bertz CT molecular complexity index is 514. The van der Waals surface area contributed by atoms with Crippen molar-refractivity contribution in [3.63, 3.8) is 0 Å². The Morgan fingerprint density at radius 3 is 2.52 bits per heavy atom. The second-order valence-electron chi connectivity index (χ2n) is 5.65. The number of carbonyl (C=O) groups is 2. The number of carboxylic acid groups (broad SMARTS) is 1. The van der Waals surface area contributed by atoms with E-state index in [-0.39, 0.29) is 17.6 Å². The number of hydrogen-bond acceptors (Lipinski definition) is 3. The number of aryl methyl sites for hydroxylation is 2. The van der Waals surface area contributed by atoms with Crippen LogP contribution in [0, 0.1) is 19.8 Å². The number of aliphatic carboxylic acids is 1. The predicted molar refractivity (Wildman–Crippen MR) is 85.7 cm³/mol. The maximum Gasteiger partial charge on any atom is 0.326 e. The van der Waals surface area contributed by atoms with Crippen molar-refractivity contribution in [3.8, 4) is 0 Å². The van der Waals surface area contributed by atoms with Gasteiger partial charge in [-0.15, -0.1) is 11.8 Å². The van der Waals surface area contributed by atoms with Crippen LogP contribution in [0.3, 0.4) is 0 Å². The van der Waals surface area contributed by atoms with Crippen LogP contribution in [0.5, 0.6) is 0 Å². The summed E-state index contributed by atoms with van der Waals surface area (Å²) in [6.45, 7) is 7.88. The number of carboxylic acids is 1. The van der Waals surface area contributed by atoms with Gasteiger partial charge in [-0.3, -0.25) is 4.79 Å². The van der Waals surface area contributed by atoms with Crippen LogP contribution >= 0.6 is 11.8 Å². The molecule has 0 aliphatic heterocycles. The highest BCUT2D eigenvalue weighted by atomic mass is 32.2. The van der Waals surface area contributed by atoms with Gasteiger partial charge in [0.05, 0.1) is 5.75 Å². The number of amides is 1. The van der Waals surface area contributed by atoms with E-state index < -0.39 is 12.0 Å². The SMILES string of the molecule is Cc1ccc(C)c(SCC(=O)N[C@@H](CC(C)C)C(=O)O)c1. The van der Waals surface area contributed by atoms with Crippen LogP contribution in [0.15, 0.2) is 23.1 Å². The number of nitrogens with one attached hydrogen (secondary N) is 1. The van der Waals surface area contributed by atoms with Gasteiger partial charge >= 0.3 is 5.97 Å². The van der Waals surface area contributed by atoms with Gasteiger partial charge < -0.3 is 10.4 Å². The molecule has 0 saturated heterocycles. The Hall–Kier alpha value is -1.49. The van der Waals surface area contributed by atoms with Gasteiger partial charge in [0.2, 0.25) is 5.91 Å². The molecule has 0 unspecified atom stereocenters. The summed E-state index contributed by atoms with van der Waals surface area (Å²) in [7, 11) is 0. The molecule has 0 spiro atoms. The third-order valence-corrected chi connectivity index (χ3v) is 4.20. The van der Waals surface area contributed by atoms with Crippen molar-refractivity contribution in [1.82, 2.24) is 5.32 Å². The molecule has 1 rings (SSSR count). The number of benzene rings is 1. The molecule has 4 nitrogen and oxygen atoms in total. The Balaban J connectivity index is 2.56. The highest BCUT2D eigenvalue weighted by Gasteiger charge is 2.21. The molecule has 0 radical (unpaired) electrons. The van der Waals surface area contributed by atoms with E-state index in [1.807, 2.05) is 45.9 Å². The number of carbonyl (C=O) groups excluding carboxylic acids is 1. The molecule has 2 N–H and O–H groups in total. The molecule has 0 aliphatic carbocycles. The molecule has 1 aromatic carbocycles. The highest BCUT2D eigenvalue weighted by Crippen LogP contribution is 2.23. The average Bonchev–Trinajstić information content (AvgIpc) is 2.38. The molecule has 0 aliphatic rings. The summed E-state index contributed by atoms with van der Waals surface area (Å²) in [6, 6.07) is 5.28. The summed E-state index contributed by atoms with van der Waals surface area (Å²) in [4.78, 5) is 24.1. The fraction of sp³-hybridized carbons (Fsp3) is 0.500. The summed E-state index contributed by atoms with van der Waals surface area (Å²) in [5.74, 6) is -0.771. The minimum atomic E-state index is -0.978. The van der Waals surface area contributed by atoms with Crippen molar-refractivity contribution in [2.24, 2.45) is 5.92 Å². The van der Waals surface area contributed by atoms with E-state index in [1.165, 1.54) is 11.8 Å². The lowest BCUT2D eigenvalue weighted by Crippen LogP contribution is -2.42. The Kier molecular flexibility index (Phi) is 6.75. The summed E-state index contributed by atoms with van der Waals surface area (Å²) in [5, 5.41) is 11.7. The summed E-state index contributed by atoms with van der Waals surface area (Å²) in [5.41, 5.74) is 2.27. The van der Waals surface area contributed by atoms with Gasteiger partial charge in [-0.05, 0) is 37.8 Å². The van der Waals surface area contributed by atoms with Gasteiger partial charge in [0.25, 0.3) is 0 Å². The van der Waals surface area contributed by atoms with E-state index in [0.717, 1.165) is 16.0 Å². The zero-order valence-electron chi connectivity index (χ0n) is 13.0. The van der Waals surface area contributed by atoms with E-state index in [0.29, 0.717) is 6.42 Å². The molecular formula is C16H23NO3S. The lowest BCUT2D eigenvalue weighted by Gasteiger charge is -2.16. The van der Waals surface area contributed by atoms with E-state index in [2.05, 4.69) is 5.32 Å². The fourth-order valence-electron chi connectivity index (χ4n) is 1.93. The summed E-state index contributed by atoms with van der Waals surface area (Å²) >= 11 is 1.44. The summed E-state index contributed by atoms with van der Waals surface area (Å²) in [6.07, 6.45) is 0.440. The molecule has 0 bridgehead atoms. The molecule has 21 heavy (non-hydrogen) atoms. The second-order valence-corrected chi connectivity index (χ2v) is 6.66. The van der Waals surface area contributed by atoms with Gasteiger partial charge in [-0.25, -0.2) is 4.79 Å². The lowest BCUT2D eigenvalue weighted by molar-refractivity contribution is -0.141. The molecule has 0 heterocycles. The number of rotatable bonds is 7. The summed E-state index contributed by atoms with van der Waals surface area (Å²) < 4.78 is 0. The predicted octanol–water partition coefficient (Wildman–Crippen LogP) is 3.01. The van der Waals surface area contributed by atoms with Crippen molar-refractivity contribution in [2.75, 3.05) is 5.75 Å². The molecule has 0 aromatic heterocycles. The molecule has 5 heteroatoms. The monoisotopic (exact) mass is 309 g/mol. The van der Waals surface area contributed by atoms with E-state index >= 15 is 0 Å². The topological polar surface area (TPSA) is 66.4 Å². The quantitative estimate of drug-likeness (QED) is 0.760. The van der Waals surface area contributed by atoms with Crippen LogP contribution in [-0.2, 0) is 9.59 Å². The normalized spacial score (nSPS) is 12.2. The first-order valence-corrected chi connectivity index (χ1v) is 8.00. The minimum Gasteiger partial charge on any atom is -0.480 e. The average molecular weight is 309 g/mol.